The lowest BCUT2D eigenvalue weighted by Crippen LogP contribution is -2.27. The van der Waals surface area contributed by atoms with E-state index in [0.717, 1.165) is 6.21 Å². The van der Waals surface area contributed by atoms with Crippen LogP contribution in [0.5, 0.6) is 0 Å². The third-order valence-corrected chi connectivity index (χ3v) is 1.88. The van der Waals surface area contributed by atoms with Crippen LogP contribution in [0.4, 0.5) is 14.7 Å². The molecular weight excluding hydrogens is 180 g/mol. The highest BCUT2D eigenvalue weighted by Gasteiger charge is 2.42. The Kier molecular flexibility index (Phi) is 1.82. The molecule has 0 unspecified atom stereocenters. The zero-order valence-corrected chi connectivity index (χ0v) is 6.41. The second-order valence-corrected chi connectivity index (χ2v) is 2.60. The first-order chi connectivity index (χ1) is 6.32. The standard InChI is InChI=1S/C8H5F2NO2/c9-12-8(13-10)5-11-7-4-2-1-3-6(7)8/h1-5H. The number of para-hydroxylation sites is 1. The van der Waals surface area contributed by atoms with Gasteiger partial charge in [-0.15, -0.1) is 9.88 Å². The molecule has 1 heterocycles. The maximum absolute atomic E-state index is 12.1. The second-order valence-electron chi connectivity index (χ2n) is 2.60. The molecule has 0 amide bonds. The molecule has 0 fully saturated rings. The summed E-state index contributed by atoms with van der Waals surface area (Å²) < 4.78 is 24.2. The van der Waals surface area contributed by atoms with Crippen LogP contribution in [-0.4, -0.2) is 6.21 Å². The minimum Gasteiger partial charge on any atom is -0.254 e. The first kappa shape index (κ1) is 8.28. The lowest BCUT2D eigenvalue weighted by Gasteiger charge is -2.15. The van der Waals surface area contributed by atoms with Gasteiger partial charge in [0.05, 0.1) is 11.9 Å². The highest BCUT2D eigenvalue weighted by molar-refractivity contribution is 5.81. The van der Waals surface area contributed by atoms with Gasteiger partial charge >= 0.3 is 5.79 Å². The molecule has 0 bridgehead atoms. The molecule has 1 aliphatic rings. The van der Waals surface area contributed by atoms with E-state index in [1.54, 1.807) is 18.2 Å². The molecule has 0 spiro atoms. The SMILES string of the molecule is FOC1(OF)C=Nc2ccccc21. The molecule has 1 aromatic rings. The van der Waals surface area contributed by atoms with E-state index in [9.17, 15) is 9.05 Å². The molecule has 0 radical (unpaired) electrons. The molecule has 3 nitrogen and oxygen atoms in total. The van der Waals surface area contributed by atoms with Gasteiger partial charge in [0.1, 0.15) is 0 Å². The molecule has 5 heteroatoms. The maximum atomic E-state index is 12.1. The van der Waals surface area contributed by atoms with Crippen molar-refractivity contribution in [1.82, 2.24) is 0 Å². The molecule has 13 heavy (non-hydrogen) atoms. The van der Waals surface area contributed by atoms with Gasteiger partial charge in [-0.2, -0.15) is 0 Å². The average molecular weight is 185 g/mol. The normalized spacial score (nSPS) is 17.4. The van der Waals surface area contributed by atoms with E-state index < -0.39 is 5.79 Å². The Labute approximate surface area is 72.4 Å². The summed E-state index contributed by atoms with van der Waals surface area (Å²) >= 11 is 0. The summed E-state index contributed by atoms with van der Waals surface area (Å²) in [5, 5.41) is 0. The third-order valence-electron chi connectivity index (χ3n) is 1.88. The third kappa shape index (κ3) is 1.05. The monoisotopic (exact) mass is 185 g/mol. The van der Waals surface area contributed by atoms with Crippen molar-refractivity contribution in [2.24, 2.45) is 4.99 Å². The number of hydrogen-bond donors (Lipinski definition) is 0. The molecule has 68 valence electrons. The highest BCUT2D eigenvalue weighted by Crippen LogP contribution is 2.38. The van der Waals surface area contributed by atoms with Crippen LogP contribution in [0.2, 0.25) is 0 Å². The zero-order chi connectivity index (χ0) is 9.31. The van der Waals surface area contributed by atoms with Gasteiger partial charge in [0.15, 0.2) is 0 Å². The van der Waals surface area contributed by atoms with Crippen molar-refractivity contribution in [2.75, 3.05) is 0 Å². The summed E-state index contributed by atoms with van der Waals surface area (Å²) in [4.78, 5) is 10.6. The highest BCUT2D eigenvalue weighted by atomic mass is 19.3. The largest absolute Gasteiger partial charge is 0.306 e. The number of halogens is 2. The molecule has 0 saturated heterocycles. The minimum atomic E-state index is -2.11. The van der Waals surface area contributed by atoms with E-state index in [4.69, 9.17) is 0 Å². The summed E-state index contributed by atoms with van der Waals surface area (Å²) in [5.74, 6) is -2.11. The van der Waals surface area contributed by atoms with Crippen molar-refractivity contribution < 1.29 is 18.9 Å². The quantitative estimate of drug-likeness (QED) is 0.662. The molecule has 0 aromatic heterocycles. The fourth-order valence-corrected chi connectivity index (χ4v) is 1.24. The average Bonchev–Trinajstić information content (AvgIpc) is 2.58. The van der Waals surface area contributed by atoms with Gasteiger partial charge in [-0.05, 0) is 15.1 Å². The summed E-state index contributed by atoms with van der Waals surface area (Å²) in [6.07, 6.45) is 0.928. The Morgan fingerprint density at radius 1 is 1.15 bits per heavy atom. The molecular formula is C8H5F2NO2. The van der Waals surface area contributed by atoms with Gasteiger partial charge < -0.3 is 0 Å². The Morgan fingerprint density at radius 3 is 2.54 bits per heavy atom. The number of nitrogens with zero attached hydrogens (tertiary/aromatic N) is 1. The van der Waals surface area contributed by atoms with E-state index >= 15 is 0 Å². The van der Waals surface area contributed by atoms with Crippen molar-refractivity contribution in [3.63, 3.8) is 0 Å². The van der Waals surface area contributed by atoms with E-state index in [1.165, 1.54) is 6.07 Å². The van der Waals surface area contributed by atoms with Gasteiger partial charge in [0.25, 0.3) is 0 Å². The van der Waals surface area contributed by atoms with Crippen molar-refractivity contribution in [1.29, 1.82) is 0 Å². The van der Waals surface area contributed by atoms with Gasteiger partial charge in [-0.3, -0.25) is 4.99 Å². The van der Waals surface area contributed by atoms with E-state index in [1.807, 2.05) is 0 Å². The predicted molar refractivity (Wildman–Crippen MR) is 40.7 cm³/mol. The van der Waals surface area contributed by atoms with E-state index in [-0.39, 0.29) is 5.56 Å². The van der Waals surface area contributed by atoms with E-state index in [0.29, 0.717) is 5.69 Å². The number of hydrogen-bond acceptors (Lipinski definition) is 3. The number of aliphatic imine (C=N–C) groups is 1. The summed E-state index contributed by atoms with van der Waals surface area (Å²) in [6, 6.07) is 6.39. The lowest BCUT2D eigenvalue weighted by atomic mass is 10.1. The molecule has 0 N–H and O–H groups in total. The fraction of sp³-hybridized carbons (Fsp3) is 0.125. The lowest BCUT2D eigenvalue weighted by molar-refractivity contribution is -0.386. The molecule has 0 saturated carbocycles. The number of fused-ring (bicyclic) bond motifs is 1. The molecule has 0 aliphatic carbocycles. The summed E-state index contributed by atoms with van der Waals surface area (Å²) in [5.41, 5.74) is 0.637. The van der Waals surface area contributed by atoms with Crippen LogP contribution >= 0.6 is 0 Å². The second kappa shape index (κ2) is 2.86. The van der Waals surface area contributed by atoms with Crippen molar-refractivity contribution in [3.8, 4) is 0 Å². The van der Waals surface area contributed by atoms with Crippen LogP contribution < -0.4 is 0 Å². The number of benzene rings is 1. The smallest absolute Gasteiger partial charge is 0.254 e. The Morgan fingerprint density at radius 2 is 1.85 bits per heavy atom. The van der Waals surface area contributed by atoms with Crippen LogP contribution in [-0.2, 0) is 15.7 Å². The predicted octanol–water partition coefficient (Wildman–Crippen LogP) is 2.36. The van der Waals surface area contributed by atoms with Crippen LogP contribution in [0, 0.1) is 0 Å². The topological polar surface area (TPSA) is 30.8 Å². The Balaban J connectivity index is 2.53. The van der Waals surface area contributed by atoms with Crippen LogP contribution in [0.15, 0.2) is 29.3 Å². The molecule has 1 aliphatic heterocycles. The maximum Gasteiger partial charge on any atom is 0.306 e. The van der Waals surface area contributed by atoms with Gasteiger partial charge in [0.2, 0.25) is 0 Å². The summed E-state index contributed by atoms with van der Waals surface area (Å²) in [6.45, 7) is 0. The van der Waals surface area contributed by atoms with E-state index in [2.05, 4.69) is 14.9 Å². The van der Waals surface area contributed by atoms with Crippen LogP contribution in [0.25, 0.3) is 0 Å². The van der Waals surface area contributed by atoms with Gasteiger partial charge in [-0.1, -0.05) is 18.2 Å². The van der Waals surface area contributed by atoms with Crippen LogP contribution in [0.1, 0.15) is 5.56 Å². The van der Waals surface area contributed by atoms with Gasteiger partial charge in [0, 0.05) is 5.56 Å². The zero-order valence-electron chi connectivity index (χ0n) is 6.41. The van der Waals surface area contributed by atoms with Crippen LogP contribution in [0.3, 0.4) is 0 Å². The molecule has 0 atom stereocenters. The first-order valence-electron chi connectivity index (χ1n) is 3.56. The Hall–Kier alpha value is -1.33. The molecule has 1 aromatic carbocycles. The van der Waals surface area contributed by atoms with Crippen molar-refractivity contribution >= 4 is 11.9 Å². The minimum absolute atomic E-state index is 0.208. The molecule has 2 rings (SSSR count). The Bertz CT molecular complexity index is 350. The number of rotatable bonds is 2. The van der Waals surface area contributed by atoms with Crippen molar-refractivity contribution in [3.05, 3.63) is 29.8 Å². The summed E-state index contributed by atoms with van der Waals surface area (Å²) in [7, 11) is 0. The van der Waals surface area contributed by atoms with Crippen molar-refractivity contribution in [2.45, 2.75) is 5.79 Å². The van der Waals surface area contributed by atoms with Gasteiger partial charge in [-0.25, -0.2) is 0 Å². The first-order valence-corrected chi connectivity index (χ1v) is 3.56. The fourth-order valence-electron chi connectivity index (χ4n) is 1.24.